The van der Waals surface area contributed by atoms with Crippen molar-refractivity contribution in [1.29, 1.82) is 0 Å². The summed E-state index contributed by atoms with van der Waals surface area (Å²) in [6.45, 7) is 3.48. The van der Waals surface area contributed by atoms with Gasteiger partial charge in [0.1, 0.15) is 5.75 Å². The molecule has 1 N–H and O–H groups in total. The maximum Gasteiger partial charge on any atom is 0.265 e. The molecular weight excluding hydrogens is 246 g/mol. The molecular formula is C14H15NO4. The van der Waals surface area contributed by atoms with Crippen LogP contribution in [-0.4, -0.2) is 23.6 Å². The first-order chi connectivity index (χ1) is 9.02. The predicted octanol–water partition coefficient (Wildman–Crippen LogP) is 1.96. The zero-order chi connectivity index (χ0) is 14.0. The molecule has 0 saturated heterocycles. The third-order valence-corrected chi connectivity index (χ3v) is 2.90. The molecule has 1 aliphatic heterocycles. The molecule has 1 heterocycles. The zero-order valence-corrected chi connectivity index (χ0v) is 10.9. The van der Waals surface area contributed by atoms with Gasteiger partial charge in [-0.1, -0.05) is 6.92 Å². The molecule has 0 aliphatic carbocycles. The van der Waals surface area contributed by atoms with Crippen molar-refractivity contribution < 1.29 is 19.1 Å². The van der Waals surface area contributed by atoms with Crippen LogP contribution >= 0.6 is 0 Å². The van der Waals surface area contributed by atoms with Crippen molar-refractivity contribution in [1.82, 2.24) is 0 Å². The molecule has 0 spiro atoms. The number of rotatable bonds is 4. The van der Waals surface area contributed by atoms with Gasteiger partial charge in [-0.25, -0.2) is 0 Å². The maximum atomic E-state index is 11.9. The van der Waals surface area contributed by atoms with Gasteiger partial charge in [-0.05, 0) is 31.5 Å². The SMILES string of the molecule is CCCC(=O)C(=O)c1ccc2c(c1)NC(=O)C(C)O2. The number of anilines is 1. The largest absolute Gasteiger partial charge is 0.479 e. The van der Waals surface area contributed by atoms with Gasteiger partial charge in [0.15, 0.2) is 6.10 Å². The smallest absolute Gasteiger partial charge is 0.265 e. The predicted molar refractivity (Wildman–Crippen MR) is 69.4 cm³/mol. The fraction of sp³-hybridized carbons (Fsp3) is 0.357. The molecule has 5 nitrogen and oxygen atoms in total. The number of amides is 1. The van der Waals surface area contributed by atoms with E-state index in [0.717, 1.165) is 0 Å². The van der Waals surface area contributed by atoms with Crippen LogP contribution in [0.25, 0.3) is 0 Å². The van der Waals surface area contributed by atoms with Gasteiger partial charge in [0.25, 0.3) is 5.91 Å². The van der Waals surface area contributed by atoms with Gasteiger partial charge < -0.3 is 10.1 Å². The van der Waals surface area contributed by atoms with E-state index in [1.165, 1.54) is 6.07 Å². The highest BCUT2D eigenvalue weighted by molar-refractivity contribution is 6.43. The molecule has 0 fully saturated rings. The van der Waals surface area contributed by atoms with Crippen molar-refractivity contribution >= 4 is 23.2 Å². The summed E-state index contributed by atoms with van der Waals surface area (Å²) >= 11 is 0. The van der Waals surface area contributed by atoms with Gasteiger partial charge in [0, 0.05) is 12.0 Å². The average Bonchev–Trinajstić information content (AvgIpc) is 2.39. The Labute approximate surface area is 110 Å². The highest BCUT2D eigenvalue weighted by Gasteiger charge is 2.25. The van der Waals surface area contributed by atoms with Crippen LogP contribution < -0.4 is 10.1 Å². The molecule has 1 aliphatic rings. The van der Waals surface area contributed by atoms with E-state index in [1.807, 2.05) is 6.92 Å². The van der Waals surface area contributed by atoms with Crippen molar-refractivity contribution in [3.05, 3.63) is 23.8 Å². The highest BCUT2D eigenvalue weighted by atomic mass is 16.5. The molecule has 100 valence electrons. The van der Waals surface area contributed by atoms with Crippen molar-refractivity contribution in [2.45, 2.75) is 32.8 Å². The number of carbonyl (C=O) groups excluding carboxylic acids is 3. The van der Waals surface area contributed by atoms with Crippen molar-refractivity contribution in [2.75, 3.05) is 5.32 Å². The van der Waals surface area contributed by atoms with Crippen LogP contribution in [-0.2, 0) is 9.59 Å². The summed E-state index contributed by atoms with van der Waals surface area (Å²) < 4.78 is 5.38. The minimum Gasteiger partial charge on any atom is -0.479 e. The second-order valence-electron chi connectivity index (χ2n) is 4.46. The summed E-state index contributed by atoms with van der Waals surface area (Å²) in [5, 5.41) is 2.65. The third-order valence-electron chi connectivity index (χ3n) is 2.90. The topological polar surface area (TPSA) is 72.5 Å². The molecule has 0 bridgehead atoms. The van der Waals surface area contributed by atoms with E-state index < -0.39 is 17.7 Å². The Hall–Kier alpha value is -2.17. The van der Waals surface area contributed by atoms with E-state index in [-0.39, 0.29) is 17.9 Å². The number of hydrogen-bond donors (Lipinski definition) is 1. The molecule has 0 aromatic heterocycles. The fourth-order valence-corrected chi connectivity index (χ4v) is 1.85. The first-order valence-electron chi connectivity index (χ1n) is 6.22. The maximum absolute atomic E-state index is 11.9. The minimum atomic E-state index is -0.559. The molecule has 1 amide bonds. The third kappa shape index (κ3) is 2.65. The Bertz CT molecular complexity index is 550. The summed E-state index contributed by atoms with van der Waals surface area (Å²) in [5.74, 6) is -0.708. The van der Waals surface area contributed by atoms with E-state index in [0.29, 0.717) is 17.9 Å². The van der Waals surface area contributed by atoms with E-state index in [9.17, 15) is 14.4 Å². The monoisotopic (exact) mass is 261 g/mol. The van der Waals surface area contributed by atoms with Crippen molar-refractivity contribution in [2.24, 2.45) is 0 Å². The summed E-state index contributed by atoms with van der Waals surface area (Å²) in [5.41, 5.74) is 0.703. The lowest BCUT2D eigenvalue weighted by molar-refractivity contribution is -0.122. The Morgan fingerprint density at radius 3 is 2.79 bits per heavy atom. The summed E-state index contributed by atoms with van der Waals surface area (Å²) in [6.07, 6.45) is 0.304. The Morgan fingerprint density at radius 1 is 1.37 bits per heavy atom. The van der Waals surface area contributed by atoms with Crippen LogP contribution in [0.2, 0.25) is 0 Å². The standard InChI is InChI=1S/C14H15NO4/c1-3-4-11(16)13(17)9-5-6-12-10(7-9)15-14(18)8(2)19-12/h5-8H,3-4H2,1-2H3,(H,15,18). The number of nitrogens with one attached hydrogen (secondary N) is 1. The Balaban J connectivity index is 2.27. The van der Waals surface area contributed by atoms with E-state index in [2.05, 4.69) is 5.32 Å². The molecule has 1 atom stereocenters. The summed E-state index contributed by atoms with van der Waals surface area (Å²) in [6, 6.07) is 4.62. The van der Waals surface area contributed by atoms with E-state index in [1.54, 1.807) is 19.1 Å². The highest BCUT2D eigenvalue weighted by Crippen LogP contribution is 2.30. The van der Waals surface area contributed by atoms with Crippen LogP contribution in [0.1, 0.15) is 37.0 Å². The van der Waals surface area contributed by atoms with Crippen LogP contribution in [0.5, 0.6) is 5.75 Å². The second-order valence-corrected chi connectivity index (χ2v) is 4.46. The quantitative estimate of drug-likeness (QED) is 0.664. The molecule has 1 aromatic rings. The molecule has 1 aromatic carbocycles. The zero-order valence-electron chi connectivity index (χ0n) is 10.9. The number of hydrogen-bond acceptors (Lipinski definition) is 4. The Morgan fingerprint density at radius 2 is 2.11 bits per heavy atom. The molecule has 0 saturated carbocycles. The van der Waals surface area contributed by atoms with Crippen molar-refractivity contribution in [3.63, 3.8) is 0 Å². The average molecular weight is 261 g/mol. The number of fused-ring (bicyclic) bond motifs is 1. The second kappa shape index (κ2) is 5.22. The van der Waals surface area contributed by atoms with Gasteiger partial charge in [0.05, 0.1) is 5.69 Å². The van der Waals surface area contributed by atoms with Gasteiger partial charge >= 0.3 is 0 Å². The molecule has 0 radical (unpaired) electrons. The number of carbonyl (C=O) groups is 3. The molecule has 5 heteroatoms. The fourth-order valence-electron chi connectivity index (χ4n) is 1.85. The molecule has 19 heavy (non-hydrogen) atoms. The number of Topliss-reactive ketones (excluding diaryl/α,β-unsaturated/α-hetero) is 2. The van der Waals surface area contributed by atoms with Crippen molar-refractivity contribution in [3.8, 4) is 5.75 Å². The number of ketones is 2. The summed E-state index contributed by atoms with van der Waals surface area (Å²) in [7, 11) is 0. The van der Waals surface area contributed by atoms with Gasteiger partial charge in [0.2, 0.25) is 11.6 Å². The van der Waals surface area contributed by atoms with E-state index >= 15 is 0 Å². The number of benzene rings is 1. The van der Waals surface area contributed by atoms with Crippen LogP contribution in [0.15, 0.2) is 18.2 Å². The lowest BCUT2D eigenvalue weighted by Gasteiger charge is -2.23. The van der Waals surface area contributed by atoms with Gasteiger partial charge in [-0.2, -0.15) is 0 Å². The Kier molecular flexibility index (Phi) is 3.64. The summed E-state index contributed by atoms with van der Waals surface area (Å²) in [4.78, 5) is 34.9. The van der Waals surface area contributed by atoms with Crippen LogP contribution in [0.4, 0.5) is 5.69 Å². The molecule has 2 rings (SSSR count). The minimum absolute atomic E-state index is 0.232. The number of ether oxygens (including phenoxy) is 1. The van der Waals surface area contributed by atoms with Gasteiger partial charge in [-0.15, -0.1) is 0 Å². The molecule has 1 unspecified atom stereocenters. The first kappa shape index (κ1) is 13.3. The van der Waals surface area contributed by atoms with Crippen LogP contribution in [0.3, 0.4) is 0 Å². The lowest BCUT2D eigenvalue weighted by Crippen LogP contribution is -2.34. The lowest BCUT2D eigenvalue weighted by atomic mass is 10.0. The van der Waals surface area contributed by atoms with E-state index in [4.69, 9.17) is 4.74 Å². The van der Waals surface area contributed by atoms with Crippen LogP contribution in [0, 0.1) is 0 Å². The normalized spacial score (nSPS) is 17.2. The van der Waals surface area contributed by atoms with Gasteiger partial charge in [-0.3, -0.25) is 14.4 Å². The first-order valence-corrected chi connectivity index (χ1v) is 6.22.